The van der Waals surface area contributed by atoms with E-state index in [0.717, 1.165) is 12.8 Å². The number of aromatic nitrogens is 1. The lowest BCUT2D eigenvalue weighted by atomic mass is 10.4. The molecule has 0 radical (unpaired) electrons. The van der Waals surface area contributed by atoms with E-state index in [2.05, 4.69) is 15.6 Å². The van der Waals surface area contributed by atoms with E-state index in [1.165, 1.54) is 6.20 Å². The SMILES string of the molecule is O=C(Nc1cccnc1)C(=O)NC1CC1. The van der Waals surface area contributed by atoms with Crippen LogP contribution in [-0.2, 0) is 9.59 Å². The molecule has 1 aliphatic carbocycles. The smallest absolute Gasteiger partial charge is 0.313 e. The van der Waals surface area contributed by atoms with Crippen molar-refractivity contribution < 1.29 is 9.59 Å². The second-order valence-electron chi connectivity index (χ2n) is 3.44. The zero-order valence-corrected chi connectivity index (χ0v) is 8.06. The molecule has 0 saturated heterocycles. The number of carbonyl (C=O) groups excluding carboxylic acids is 2. The van der Waals surface area contributed by atoms with Crippen LogP contribution >= 0.6 is 0 Å². The van der Waals surface area contributed by atoms with Crippen LogP contribution in [0.5, 0.6) is 0 Å². The largest absolute Gasteiger partial charge is 0.345 e. The lowest BCUT2D eigenvalue weighted by Crippen LogP contribution is -2.36. The van der Waals surface area contributed by atoms with Crippen LogP contribution in [-0.4, -0.2) is 22.8 Å². The summed E-state index contributed by atoms with van der Waals surface area (Å²) in [6.07, 6.45) is 5.01. The summed E-state index contributed by atoms with van der Waals surface area (Å²) >= 11 is 0. The van der Waals surface area contributed by atoms with Gasteiger partial charge in [-0.2, -0.15) is 0 Å². The first-order chi connectivity index (χ1) is 7.25. The molecule has 0 aliphatic heterocycles. The van der Waals surface area contributed by atoms with E-state index < -0.39 is 11.8 Å². The second-order valence-corrected chi connectivity index (χ2v) is 3.44. The fourth-order valence-electron chi connectivity index (χ4n) is 1.10. The predicted molar refractivity (Wildman–Crippen MR) is 54.0 cm³/mol. The van der Waals surface area contributed by atoms with Crippen molar-refractivity contribution >= 4 is 17.5 Å². The first-order valence-electron chi connectivity index (χ1n) is 4.77. The molecule has 1 aromatic rings. The summed E-state index contributed by atoms with van der Waals surface area (Å²) in [6, 6.07) is 3.56. The highest BCUT2D eigenvalue weighted by Gasteiger charge is 2.26. The lowest BCUT2D eigenvalue weighted by Gasteiger charge is -2.04. The predicted octanol–water partition coefficient (Wildman–Crippen LogP) is 0.299. The van der Waals surface area contributed by atoms with Crippen LogP contribution in [0, 0.1) is 0 Å². The van der Waals surface area contributed by atoms with Gasteiger partial charge in [0.2, 0.25) is 0 Å². The highest BCUT2D eigenvalue weighted by atomic mass is 16.2. The minimum atomic E-state index is -0.644. The standard InChI is InChI=1S/C10H11N3O2/c14-9(12-7-3-4-7)10(15)13-8-2-1-5-11-6-8/h1-2,5-7H,3-4H2,(H,12,14)(H,13,15). The molecule has 0 unspecified atom stereocenters. The Morgan fingerprint density at radius 1 is 1.33 bits per heavy atom. The van der Waals surface area contributed by atoms with Gasteiger partial charge in [-0.25, -0.2) is 0 Å². The monoisotopic (exact) mass is 205 g/mol. The molecule has 0 spiro atoms. The maximum absolute atomic E-state index is 11.3. The summed E-state index contributed by atoms with van der Waals surface area (Å²) in [5.74, 6) is -1.23. The van der Waals surface area contributed by atoms with Crippen molar-refractivity contribution in [3.8, 4) is 0 Å². The molecule has 1 aromatic heterocycles. The molecule has 1 aliphatic rings. The van der Waals surface area contributed by atoms with Gasteiger partial charge in [0.05, 0.1) is 11.9 Å². The summed E-state index contributed by atoms with van der Waals surface area (Å²) in [5.41, 5.74) is 0.522. The van der Waals surface area contributed by atoms with E-state index in [0.29, 0.717) is 5.69 Å². The zero-order valence-electron chi connectivity index (χ0n) is 8.06. The molecular weight excluding hydrogens is 194 g/mol. The Balaban J connectivity index is 1.88. The van der Waals surface area contributed by atoms with E-state index in [-0.39, 0.29) is 6.04 Å². The Hall–Kier alpha value is -1.91. The number of hydrogen-bond acceptors (Lipinski definition) is 3. The number of rotatable bonds is 2. The van der Waals surface area contributed by atoms with Gasteiger partial charge >= 0.3 is 11.8 Å². The molecule has 2 rings (SSSR count). The highest BCUT2D eigenvalue weighted by Crippen LogP contribution is 2.18. The fourth-order valence-corrected chi connectivity index (χ4v) is 1.10. The number of nitrogens with zero attached hydrogens (tertiary/aromatic N) is 1. The van der Waals surface area contributed by atoms with E-state index in [1.54, 1.807) is 18.3 Å². The minimum absolute atomic E-state index is 0.192. The molecule has 1 fully saturated rings. The Morgan fingerprint density at radius 3 is 2.73 bits per heavy atom. The van der Waals surface area contributed by atoms with Crippen LogP contribution < -0.4 is 10.6 Å². The topological polar surface area (TPSA) is 71.1 Å². The molecule has 1 heterocycles. The van der Waals surface area contributed by atoms with Crippen molar-refractivity contribution in [3.63, 3.8) is 0 Å². The third-order valence-electron chi connectivity index (χ3n) is 2.04. The molecule has 1 saturated carbocycles. The molecule has 2 N–H and O–H groups in total. The van der Waals surface area contributed by atoms with Crippen LogP contribution in [0.25, 0.3) is 0 Å². The molecule has 0 atom stereocenters. The van der Waals surface area contributed by atoms with Crippen molar-refractivity contribution in [1.82, 2.24) is 10.3 Å². The van der Waals surface area contributed by atoms with Crippen molar-refractivity contribution in [2.45, 2.75) is 18.9 Å². The zero-order chi connectivity index (χ0) is 10.7. The molecular formula is C10H11N3O2. The van der Waals surface area contributed by atoms with E-state index in [4.69, 9.17) is 0 Å². The number of anilines is 1. The van der Waals surface area contributed by atoms with E-state index in [9.17, 15) is 9.59 Å². The van der Waals surface area contributed by atoms with Gasteiger partial charge in [0.15, 0.2) is 0 Å². The molecule has 0 aromatic carbocycles. The Labute approximate surface area is 86.9 Å². The van der Waals surface area contributed by atoms with Crippen LogP contribution in [0.4, 0.5) is 5.69 Å². The first-order valence-corrected chi connectivity index (χ1v) is 4.77. The van der Waals surface area contributed by atoms with E-state index >= 15 is 0 Å². The van der Waals surface area contributed by atoms with Crippen molar-refractivity contribution in [2.75, 3.05) is 5.32 Å². The van der Waals surface area contributed by atoms with Crippen molar-refractivity contribution in [2.24, 2.45) is 0 Å². The van der Waals surface area contributed by atoms with Gasteiger partial charge in [-0.1, -0.05) is 0 Å². The Bertz CT molecular complexity index is 374. The van der Waals surface area contributed by atoms with Crippen LogP contribution in [0.3, 0.4) is 0 Å². The van der Waals surface area contributed by atoms with Crippen LogP contribution in [0.15, 0.2) is 24.5 Å². The van der Waals surface area contributed by atoms with Gasteiger partial charge in [0.25, 0.3) is 0 Å². The van der Waals surface area contributed by atoms with Gasteiger partial charge in [-0.3, -0.25) is 14.6 Å². The Kier molecular flexibility index (Phi) is 2.62. The second kappa shape index (κ2) is 4.08. The minimum Gasteiger partial charge on any atom is -0.345 e. The summed E-state index contributed by atoms with van der Waals surface area (Å²) < 4.78 is 0. The number of carbonyl (C=O) groups is 2. The van der Waals surface area contributed by atoms with Crippen molar-refractivity contribution in [1.29, 1.82) is 0 Å². The normalized spacial score (nSPS) is 14.4. The van der Waals surface area contributed by atoms with Gasteiger partial charge in [-0.05, 0) is 25.0 Å². The maximum Gasteiger partial charge on any atom is 0.313 e. The highest BCUT2D eigenvalue weighted by molar-refractivity contribution is 6.39. The average molecular weight is 205 g/mol. The summed E-state index contributed by atoms with van der Waals surface area (Å²) in [5, 5.41) is 5.06. The van der Waals surface area contributed by atoms with Crippen molar-refractivity contribution in [3.05, 3.63) is 24.5 Å². The van der Waals surface area contributed by atoms with Gasteiger partial charge in [0, 0.05) is 12.2 Å². The Morgan fingerprint density at radius 2 is 2.13 bits per heavy atom. The van der Waals surface area contributed by atoms with Gasteiger partial charge in [-0.15, -0.1) is 0 Å². The average Bonchev–Trinajstić information content (AvgIpc) is 3.03. The molecule has 0 bridgehead atoms. The van der Waals surface area contributed by atoms with Gasteiger partial charge in [0.1, 0.15) is 0 Å². The fraction of sp³-hybridized carbons (Fsp3) is 0.300. The quantitative estimate of drug-likeness (QED) is 0.682. The number of pyridine rings is 1. The summed E-state index contributed by atoms with van der Waals surface area (Å²) in [6.45, 7) is 0. The molecule has 78 valence electrons. The number of amides is 2. The van der Waals surface area contributed by atoms with Gasteiger partial charge < -0.3 is 10.6 Å². The maximum atomic E-state index is 11.3. The van der Waals surface area contributed by atoms with E-state index in [1.807, 2.05) is 0 Å². The lowest BCUT2D eigenvalue weighted by molar-refractivity contribution is -0.136. The number of nitrogens with one attached hydrogen (secondary N) is 2. The molecule has 15 heavy (non-hydrogen) atoms. The molecule has 5 nitrogen and oxygen atoms in total. The summed E-state index contributed by atoms with van der Waals surface area (Å²) in [4.78, 5) is 26.4. The third kappa shape index (κ3) is 2.77. The van der Waals surface area contributed by atoms with Crippen LogP contribution in [0.1, 0.15) is 12.8 Å². The third-order valence-corrected chi connectivity index (χ3v) is 2.04. The molecule has 5 heteroatoms. The van der Waals surface area contributed by atoms with Crippen LogP contribution in [0.2, 0.25) is 0 Å². The molecule has 2 amide bonds. The first kappa shape index (κ1) is 9.64. The number of hydrogen-bond donors (Lipinski definition) is 2. The summed E-state index contributed by atoms with van der Waals surface area (Å²) in [7, 11) is 0.